The van der Waals surface area contributed by atoms with E-state index in [0.717, 1.165) is 12.8 Å². The second kappa shape index (κ2) is 6.71. The van der Waals surface area contributed by atoms with E-state index in [9.17, 15) is 9.90 Å². The number of aliphatic hydroxyl groups is 1. The first-order valence-corrected chi connectivity index (χ1v) is 6.45. The van der Waals surface area contributed by atoms with Crippen molar-refractivity contribution < 1.29 is 9.90 Å². The summed E-state index contributed by atoms with van der Waals surface area (Å²) < 4.78 is 0. The molecule has 0 fully saturated rings. The monoisotopic (exact) mass is 270 g/mol. The van der Waals surface area contributed by atoms with Crippen LogP contribution in [0.25, 0.3) is 0 Å². The van der Waals surface area contributed by atoms with E-state index in [1.54, 1.807) is 6.07 Å². The first kappa shape index (κ1) is 14.9. The Kier molecular flexibility index (Phi) is 5.56. The molecule has 0 radical (unpaired) electrons. The van der Waals surface area contributed by atoms with Crippen LogP contribution in [0, 0.1) is 5.41 Å². The van der Waals surface area contributed by atoms with Gasteiger partial charge in [-0.15, -0.1) is 0 Å². The summed E-state index contributed by atoms with van der Waals surface area (Å²) in [6, 6.07) is 1.58. The molecule has 4 nitrogen and oxygen atoms in total. The summed E-state index contributed by atoms with van der Waals surface area (Å²) in [6.45, 7) is 4.51. The average molecular weight is 271 g/mol. The van der Waals surface area contributed by atoms with Gasteiger partial charge in [-0.05, 0) is 18.9 Å². The van der Waals surface area contributed by atoms with E-state index in [-0.39, 0.29) is 17.9 Å². The lowest BCUT2D eigenvalue weighted by Crippen LogP contribution is -2.39. The van der Waals surface area contributed by atoms with E-state index in [1.165, 1.54) is 12.4 Å². The van der Waals surface area contributed by atoms with Crippen LogP contribution in [0.4, 0.5) is 0 Å². The molecule has 1 heterocycles. The highest BCUT2D eigenvalue weighted by Crippen LogP contribution is 2.24. The predicted octanol–water partition coefficient (Wildman–Crippen LogP) is 2.26. The Bertz CT molecular complexity index is 397. The molecule has 0 saturated carbocycles. The molecule has 0 bridgehead atoms. The molecule has 100 valence electrons. The molecule has 1 aromatic rings. The Morgan fingerprint density at radius 3 is 2.67 bits per heavy atom. The molecule has 0 saturated heterocycles. The summed E-state index contributed by atoms with van der Waals surface area (Å²) in [5.41, 5.74) is 0.153. The van der Waals surface area contributed by atoms with Gasteiger partial charge in [-0.3, -0.25) is 9.78 Å². The van der Waals surface area contributed by atoms with E-state index in [1.807, 2.05) is 13.8 Å². The first-order valence-electron chi connectivity index (χ1n) is 6.07. The number of rotatable bonds is 6. The van der Waals surface area contributed by atoms with Crippen molar-refractivity contribution in [2.24, 2.45) is 5.41 Å². The summed E-state index contributed by atoms with van der Waals surface area (Å²) in [5.74, 6) is -0.234. The van der Waals surface area contributed by atoms with Crippen molar-refractivity contribution >= 4 is 17.5 Å². The molecule has 0 aliphatic rings. The normalized spacial score (nSPS) is 11.3. The number of nitrogens with one attached hydrogen (secondary N) is 1. The van der Waals surface area contributed by atoms with E-state index in [2.05, 4.69) is 10.3 Å². The van der Waals surface area contributed by atoms with Crippen LogP contribution in [0.2, 0.25) is 5.02 Å². The zero-order valence-corrected chi connectivity index (χ0v) is 11.5. The summed E-state index contributed by atoms with van der Waals surface area (Å²) in [7, 11) is 0. The molecule has 1 aromatic heterocycles. The van der Waals surface area contributed by atoms with Crippen LogP contribution in [0.1, 0.15) is 37.0 Å². The van der Waals surface area contributed by atoms with Crippen LogP contribution in [0.5, 0.6) is 0 Å². The maximum Gasteiger partial charge on any atom is 0.252 e. The van der Waals surface area contributed by atoms with Crippen LogP contribution < -0.4 is 5.32 Å². The number of hydrogen-bond donors (Lipinski definition) is 2. The van der Waals surface area contributed by atoms with Gasteiger partial charge in [-0.2, -0.15) is 0 Å². The van der Waals surface area contributed by atoms with Gasteiger partial charge in [0.25, 0.3) is 5.91 Å². The SMILES string of the molecule is CCC(CC)(CO)CNC(=O)c1ccncc1Cl. The third-order valence-corrected chi connectivity index (χ3v) is 3.78. The fourth-order valence-electron chi connectivity index (χ4n) is 1.70. The molecule has 0 aliphatic heterocycles. The van der Waals surface area contributed by atoms with Crippen LogP contribution in [0.15, 0.2) is 18.5 Å². The minimum Gasteiger partial charge on any atom is -0.396 e. The fourth-order valence-corrected chi connectivity index (χ4v) is 1.91. The van der Waals surface area contributed by atoms with Crippen molar-refractivity contribution in [3.05, 3.63) is 29.0 Å². The van der Waals surface area contributed by atoms with E-state index in [4.69, 9.17) is 11.6 Å². The molecule has 0 unspecified atom stereocenters. The molecule has 5 heteroatoms. The number of carbonyl (C=O) groups is 1. The van der Waals surface area contributed by atoms with Crippen LogP contribution in [0.3, 0.4) is 0 Å². The number of halogens is 1. The minimum absolute atomic E-state index is 0.0599. The number of pyridine rings is 1. The largest absolute Gasteiger partial charge is 0.396 e. The summed E-state index contributed by atoms with van der Waals surface area (Å²) in [5, 5.41) is 12.6. The van der Waals surface area contributed by atoms with Gasteiger partial charge in [0.15, 0.2) is 0 Å². The number of nitrogens with zero attached hydrogens (tertiary/aromatic N) is 1. The Hall–Kier alpha value is -1.13. The molecular weight excluding hydrogens is 252 g/mol. The first-order chi connectivity index (χ1) is 8.58. The van der Waals surface area contributed by atoms with Gasteiger partial charge >= 0.3 is 0 Å². The molecule has 1 rings (SSSR count). The maximum atomic E-state index is 12.0. The van der Waals surface area contributed by atoms with Crippen molar-refractivity contribution in [1.29, 1.82) is 0 Å². The summed E-state index contributed by atoms with van der Waals surface area (Å²) in [4.78, 5) is 15.8. The van der Waals surface area contributed by atoms with Gasteiger partial charge in [-0.1, -0.05) is 25.4 Å². The van der Waals surface area contributed by atoms with Gasteiger partial charge in [0.2, 0.25) is 0 Å². The number of aromatic nitrogens is 1. The Balaban J connectivity index is 2.69. The second-order valence-electron chi connectivity index (χ2n) is 4.40. The molecular formula is C13H19ClN2O2. The van der Waals surface area contributed by atoms with E-state index in [0.29, 0.717) is 17.1 Å². The zero-order valence-electron chi connectivity index (χ0n) is 10.7. The maximum absolute atomic E-state index is 12.0. The van der Waals surface area contributed by atoms with Crippen LogP contribution in [-0.2, 0) is 0 Å². The summed E-state index contributed by atoms with van der Waals surface area (Å²) in [6.07, 6.45) is 4.59. The number of hydrogen-bond acceptors (Lipinski definition) is 3. The smallest absolute Gasteiger partial charge is 0.252 e. The fraction of sp³-hybridized carbons (Fsp3) is 0.538. The topological polar surface area (TPSA) is 62.2 Å². The predicted molar refractivity (Wildman–Crippen MR) is 71.7 cm³/mol. The molecule has 0 aromatic carbocycles. The molecule has 2 N–H and O–H groups in total. The number of aliphatic hydroxyl groups excluding tert-OH is 1. The van der Waals surface area contributed by atoms with Crippen molar-refractivity contribution in [3.8, 4) is 0 Å². The quantitative estimate of drug-likeness (QED) is 0.834. The van der Waals surface area contributed by atoms with E-state index >= 15 is 0 Å². The highest BCUT2D eigenvalue weighted by Gasteiger charge is 2.26. The van der Waals surface area contributed by atoms with Gasteiger partial charge < -0.3 is 10.4 Å². The lowest BCUT2D eigenvalue weighted by atomic mass is 9.83. The summed E-state index contributed by atoms with van der Waals surface area (Å²) >= 11 is 5.90. The Morgan fingerprint density at radius 1 is 1.50 bits per heavy atom. The zero-order chi connectivity index (χ0) is 13.6. The number of carbonyl (C=O) groups excluding carboxylic acids is 1. The van der Waals surface area contributed by atoms with Crippen molar-refractivity contribution in [3.63, 3.8) is 0 Å². The highest BCUT2D eigenvalue weighted by atomic mass is 35.5. The van der Waals surface area contributed by atoms with Gasteiger partial charge in [-0.25, -0.2) is 0 Å². The minimum atomic E-state index is -0.255. The lowest BCUT2D eigenvalue weighted by molar-refractivity contribution is 0.0851. The molecule has 0 aliphatic carbocycles. The van der Waals surface area contributed by atoms with Crippen molar-refractivity contribution in [2.45, 2.75) is 26.7 Å². The molecule has 0 spiro atoms. The van der Waals surface area contributed by atoms with Crippen molar-refractivity contribution in [1.82, 2.24) is 10.3 Å². The molecule has 1 amide bonds. The van der Waals surface area contributed by atoms with Gasteiger partial charge in [0, 0.05) is 24.4 Å². The molecule has 18 heavy (non-hydrogen) atoms. The van der Waals surface area contributed by atoms with Crippen LogP contribution in [-0.4, -0.2) is 29.1 Å². The van der Waals surface area contributed by atoms with Crippen molar-refractivity contribution in [2.75, 3.05) is 13.2 Å². The standard InChI is InChI=1S/C13H19ClN2O2/c1-3-13(4-2,9-17)8-16-12(18)10-5-6-15-7-11(10)14/h5-7,17H,3-4,8-9H2,1-2H3,(H,16,18). The van der Waals surface area contributed by atoms with Gasteiger partial charge in [0.05, 0.1) is 17.2 Å². The lowest BCUT2D eigenvalue weighted by Gasteiger charge is -2.29. The third-order valence-electron chi connectivity index (χ3n) is 3.48. The Labute approximate surface area is 112 Å². The highest BCUT2D eigenvalue weighted by molar-refractivity contribution is 6.33. The Morgan fingerprint density at radius 2 is 2.17 bits per heavy atom. The third kappa shape index (κ3) is 3.43. The van der Waals surface area contributed by atoms with E-state index < -0.39 is 0 Å². The van der Waals surface area contributed by atoms with Gasteiger partial charge in [0.1, 0.15) is 0 Å². The van der Waals surface area contributed by atoms with Crippen LogP contribution >= 0.6 is 11.6 Å². The molecule has 0 atom stereocenters. The number of amides is 1. The second-order valence-corrected chi connectivity index (χ2v) is 4.81. The average Bonchev–Trinajstić information content (AvgIpc) is 2.41.